The molecule has 0 radical (unpaired) electrons. The van der Waals surface area contributed by atoms with Crippen LogP contribution in [-0.2, 0) is 9.53 Å². The monoisotopic (exact) mass is 384 g/mol. The van der Waals surface area contributed by atoms with Crippen molar-refractivity contribution in [3.63, 3.8) is 0 Å². The van der Waals surface area contributed by atoms with Gasteiger partial charge >= 0.3 is 12.0 Å². The van der Waals surface area contributed by atoms with Crippen LogP contribution in [0.25, 0.3) is 0 Å². The number of benzene rings is 1. The largest absolute Gasteiger partial charge is 0.493 e. The van der Waals surface area contributed by atoms with Crippen molar-refractivity contribution in [2.75, 3.05) is 20.2 Å². The van der Waals surface area contributed by atoms with Crippen molar-refractivity contribution in [3.05, 3.63) is 22.7 Å². The summed E-state index contributed by atoms with van der Waals surface area (Å²) in [6, 6.07) is 2.30. The van der Waals surface area contributed by atoms with Crippen molar-refractivity contribution in [2.45, 2.75) is 33.0 Å². The maximum absolute atomic E-state index is 12.4. The molecule has 1 unspecified atom stereocenters. The molecule has 1 saturated heterocycles. The van der Waals surface area contributed by atoms with Crippen molar-refractivity contribution in [1.29, 1.82) is 0 Å². The summed E-state index contributed by atoms with van der Waals surface area (Å²) in [4.78, 5) is 37.1. The molecule has 0 aromatic heterocycles. The molecule has 9 heteroatoms. The molecule has 1 atom stereocenters. The molecule has 0 aliphatic carbocycles. The second-order valence-electron chi connectivity index (χ2n) is 5.93. The molecule has 1 N–H and O–H groups in total. The summed E-state index contributed by atoms with van der Waals surface area (Å²) >= 11 is 6.18. The van der Waals surface area contributed by atoms with E-state index >= 15 is 0 Å². The van der Waals surface area contributed by atoms with E-state index in [0.29, 0.717) is 12.3 Å². The van der Waals surface area contributed by atoms with Gasteiger partial charge in [-0.2, -0.15) is 0 Å². The molecule has 1 aromatic carbocycles. The molecule has 3 amide bonds. The van der Waals surface area contributed by atoms with Gasteiger partial charge in [-0.05, 0) is 32.9 Å². The topological polar surface area (TPSA) is 94.2 Å². The predicted octanol–water partition coefficient (Wildman–Crippen LogP) is 2.23. The number of amides is 3. The van der Waals surface area contributed by atoms with E-state index in [4.69, 9.17) is 25.8 Å². The van der Waals surface area contributed by atoms with Gasteiger partial charge in [0.1, 0.15) is 0 Å². The van der Waals surface area contributed by atoms with Crippen molar-refractivity contribution in [2.24, 2.45) is 0 Å². The summed E-state index contributed by atoms with van der Waals surface area (Å²) < 4.78 is 16.0. The Morgan fingerprint density at radius 3 is 2.50 bits per heavy atom. The van der Waals surface area contributed by atoms with E-state index in [2.05, 4.69) is 5.32 Å². The molecule has 0 spiro atoms. The Morgan fingerprint density at radius 1 is 1.27 bits per heavy atom. The number of hydrogen-bond acceptors (Lipinski definition) is 6. The third-order valence-corrected chi connectivity index (χ3v) is 3.85. The number of carbonyl (C=O) groups is 3. The van der Waals surface area contributed by atoms with Crippen molar-refractivity contribution >= 4 is 29.5 Å². The third kappa shape index (κ3) is 4.37. The minimum Gasteiger partial charge on any atom is -0.493 e. The fraction of sp³-hybridized carbons (Fsp3) is 0.471. The smallest absolute Gasteiger partial charge is 0.339 e. The molecule has 1 fully saturated rings. The van der Waals surface area contributed by atoms with Gasteiger partial charge in [-0.25, -0.2) is 9.59 Å². The first-order chi connectivity index (χ1) is 12.2. The molecule has 1 aliphatic rings. The molecule has 0 bridgehead atoms. The van der Waals surface area contributed by atoms with Crippen molar-refractivity contribution < 1.29 is 28.6 Å². The van der Waals surface area contributed by atoms with Gasteiger partial charge in [-0.1, -0.05) is 11.6 Å². The first-order valence-corrected chi connectivity index (χ1v) is 8.46. The SMILES string of the molecule is COc1cc(C(=O)OC(C)C(=O)N2CCNC2=O)cc(Cl)c1OC(C)C. The molecule has 8 nitrogen and oxygen atoms in total. The number of ether oxygens (including phenoxy) is 3. The lowest BCUT2D eigenvalue weighted by Crippen LogP contribution is -2.41. The Bertz CT molecular complexity index is 721. The zero-order valence-corrected chi connectivity index (χ0v) is 15.8. The van der Waals surface area contributed by atoms with Crippen LogP contribution in [0.15, 0.2) is 12.1 Å². The quantitative estimate of drug-likeness (QED) is 0.756. The lowest BCUT2D eigenvalue weighted by Gasteiger charge is -2.19. The molecule has 0 saturated carbocycles. The number of methoxy groups -OCH3 is 1. The summed E-state index contributed by atoms with van der Waals surface area (Å²) in [6.45, 7) is 5.68. The van der Waals surface area contributed by atoms with E-state index in [-0.39, 0.29) is 29.0 Å². The van der Waals surface area contributed by atoms with Crippen LogP contribution in [0.1, 0.15) is 31.1 Å². The van der Waals surface area contributed by atoms with Crippen LogP contribution in [0.5, 0.6) is 11.5 Å². The van der Waals surface area contributed by atoms with Gasteiger partial charge in [0, 0.05) is 13.1 Å². The highest BCUT2D eigenvalue weighted by Gasteiger charge is 2.32. The van der Waals surface area contributed by atoms with Crippen LogP contribution in [0, 0.1) is 0 Å². The summed E-state index contributed by atoms with van der Waals surface area (Å²) in [5, 5.41) is 2.70. The van der Waals surface area contributed by atoms with E-state index in [1.54, 1.807) is 0 Å². The van der Waals surface area contributed by atoms with Gasteiger partial charge < -0.3 is 19.5 Å². The second kappa shape index (κ2) is 8.27. The minimum atomic E-state index is -1.12. The number of halogens is 1. The third-order valence-electron chi connectivity index (χ3n) is 3.57. The van der Waals surface area contributed by atoms with Gasteiger partial charge in [0.15, 0.2) is 17.6 Å². The first kappa shape index (κ1) is 19.8. The van der Waals surface area contributed by atoms with Crippen molar-refractivity contribution in [3.8, 4) is 11.5 Å². The van der Waals surface area contributed by atoms with Crippen LogP contribution in [0.3, 0.4) is 0 Å². The highest BCUT2D eigenvalue weighted by atomic mass is 35.5. The highest BCUT2D eigenvalue weighted by molar-refractivity contribution is 6.32. The van der Waals surface area contributed by atoms with Crippen LogP contribution < -0.4 is 14.8 Å². The second-order valence-corrected chi connectivity index (χ2v) is 6.33. The van der Waals surface area contributed by atoms with E-state index in [9.17, 15) is 14.4 Å². The van der Waals surface area contributed by atoms with Gasteiger partial charge in [0.2, 0.25) is 0 Å². The van der Waals surface area contributed by atoms with E-state index in [0.717, 1.165) is 4.90 Å². The molecular formula is C17H21ClN2O6. The summed E-state index contributed by atoms with van der Waals surface area (Å²) in [5.74, 6) is -0.762. The number of urea groups is 1. The molecular weight excluding hydrogens is 364 g/mol. The molecule has 142 valence electrons. The Labute approximate surface area is 156 Å². The Balaban J connectivity index is 2.15. The fourth-order valence-corrected chi connectivity index (χ4v) is 2.62. The van der Waals surface area contributed by atoms with E-state index in [1.807, 2.05) is 13.8 Å². The average molecular weight is 385 g/mol. The summed E-state index contributed by atoms with van der Waals surface area (Å²) in [5.41, 5.74) is 0.105. The number of esters is 1. The lowest BCUT2D eigenvalue weighted by atomic mass is 10.2. The Kier molecular flexibility index (Phi) is 6.31. The number of nitrogens with one attached hydrogen (secondary N) is 1. The fourth-order valence-electron chi connectivity index (χ4n) is 2.37. The molecule has 2 rings (SSSR count). The number of hydrogen-bond donors (Lipinski definition) is 1. The van der Waals surface area contributed by atoms with Gasteiger partial charge in [-0.15, -0.1) is 0 Å². The standard InChI is InChI=1S/C17H21ClN2O6/c1-9(2)25-14-12(18)7-11(8-13(14)24-4)16(22)26-10(3)15(21)20-6-5-19-17(20)23/h7-10H,5-6H2,1-4H3,(H,19,23). The zero-order chi connectivity index (χ0) is 19.4. The Morgan fingerprint density at radius 2 is 1.96 bits per heavy atom. The molecule has 1 heterocycles. The van der Waals surface area contributed by atoms with E-state index < -0.39 is 24.0 Å². The maximum Gasteiger partial charge on any atom is 0.339 e. The highest BCUT2D eigenvalue weighted by Crippen LogP contribution is 2.37. The summed E-state index contributed by atoms with van der Waals surface area (Å²) in [7, 11) is 1.42. The minimum absolute atomic E-state index is 0.105. The van der Waals surface area contributed by atoms with Gasteiger partial charge in [0.05, 0.1) is 23.8 Å². The molecule has 1 aliphatic heterocycles. The van der Waals surface area contributed by atoms with Gasteiger partial charge in [-0.3, -0.25) is 9.69 Å². The molecule has 26 heavy (non-hydrogen) atoms. The number of nitrogens with zero attached hydrogens (tertiary/aromatic N) is 1. The number of carbonyl (C=O) groups excluding carboxylic acids is 3. The van der Waals surface area contributed by atoms with Crippen LogP contribution in [0.2, 0.25) is 5.02 Å². The number of rotatable bonds is 6. The zero-order valence-electron chi connectivity index (χ0n) is 15.0. The van der Waals surface area contributed by atoms with Crippen LogP contribution in [-0.4, -0.2) is 55.2 Å². The average Bonchev–Trinajstić information content (AvgIpc) is 3.01. The Hall–Kier alpha value is -2.48. The van der Waals surface area contributed by atoms with Gasteiger partial charge in [0.25, 0.3) is 5.91 Å². The van der Waals surface area contributed by atoms with E-state index in [1.165, 1.54) is 26.2 Å². The lowest BCUT2D eigenvalue weighted by molar-refractivity contribution is -0.136. The first-order valence-electron chi connectivity index (χ1n) is 8.09. The maximum atomic E-state index is 12.4. The normalized spacial score (nSPS) is 14.8. The predicted molar refractivity (Wildman–Crippen MR) is 93.8 cm³/mol. The van der Waals surface area contributed by atoms with Crippen LogP contribution >= 0.6 is 11.6 Å². The summed E-state index contributed by atoms with van der Waals surface area (Å²) in [6.07, 6.45) is -1.26. The van der Waals surface area contributed by atoms with Crippen LogP contribution in [0.4, 0.5) is 4.79 Å². The van der Waals surface area contributed by atoms with Crippen molar-refractivity contribution in [1.82, 2.24) is 10.2 Å². The molecule has 1 aromatic rings. The number of imide groups is 1.